The van der Waals surface area contributed by atoms with E-state index < -0.39 is 11.9 Å². The highest BCUT2D eigenvalue weighted by molar-refractivity contribution is 5.91. The number of carboxylic acid groups (broad SMARTS) is 1. The first kappa shape index (κ1) is 12.8. The predicted octanol–water partition coefficient (Wildman–Crippen LogP) is 2.84. The molecule has 0 radical (unpaired) electrons. The minimum Gasteiger partial charge on any atom is -0.478 e. The van der Waals surface area contributed by atoms with Crippen LogP contribution < -0.4 is 0 Å². The van der Waals surface area contributed by atoms with Crippen LogP contribution in [0.3, 0.4) is 0 Å². The summed E-state index contributed by atoms with van der Waals surface area (Å²) in [6, 6.07) is 13.4. The molecule has 2 rings (SSSR count). The summed E-state index contributed by atoms with van der Waals surface area (Å²) in [5.74, 6) is -1.36. The van der Waals surface area contributed by atoms with Gasteiger partial charge >= 0.3 is 11.9 Å². The van der Waals surface area contributed by atoms with Crippen molar-refractivity contribution in [3.05, 3.63) is 59.7 Å². The molecule has 0 aliphatic rings. The molecular formula is C15H12O4. The number of carbonyl (C=O) groups is 2. The zero-order chi connectivity index (χ0) is 13.8. The van der Waals surface area contributed by atoms with Crippen molar-refractivity contribution in [2.24, 2.45) is 0 Å². The normalized spacial score (nSPS) is 9.95. The Morgan fingerprint density at radius 2 is 1.63 bits per heavy atom. The van der Waals surface area contributed by atoms with Crippen molar-refractivity contribution in [3.63, 3.8) is 0 Å². The molecule has 0 unspecified atom stereocenters. The molecule has 2 aromatic carbocycles. The van der Waals surface area contributed by atoms with Crippen molar-refractivity contribution in [3.8, 4) is 11.1 Å². The number of ether oxygens (including phenoxy) is 1. The topological polar surface area (TPSA) is 63.6 Å². The van der Waals surface area contributed by atoms with Crippen LogP contribution in [0, 0.1) is 0 Å². The third-order valence-corrected chi connectivity index (χ3v) is 2.75. The van der Waals surface area contributed by atoms with Gasteiger partial charge < -0.3 is 9.84 Å². The van der Waals surface area contributed by atoms with E-state index >= 15 is 0 Å². The summed E-state index contributed by atoms with van der Waals surface area (Å²) in [4.78, 5) is 22.2. The zero-order valence-electron chi connectivity index (χ0n) is 10.3. The number of aromatic carboxylic acids is 1. The molecule has 4 heteroatoms. The third kappa shape index (κ3) is 2.80. The highest BCUT2D eigenvalue weighted by Gasteiger charge is 2.07. The minimum atomic E-state index is -0.965. The monoisotopic (exact) mass is 256 g/mol. The Labute approximate surface area is 110 Å². The zero-order valence-corrected chi connectivity index (χ0v) is 10.3. The van der Waals surface area contributed by atoms with Crippen molar-refractivity contribution in [2.45, 2.75) is 0 Å². The van der Waals surface area contributed by atoms with Crippen LogP contribution in [-0.2, 0) is 4.74 Å². The largest absolute Gasteiger partial charge is 0.478 e. The Balaban J connectivity index is 2.34. The van der Waals surface area contributed by atoms with E-state index in [0.717, 1.165) is 11.1 Å². The van der Waals surface area contributed by atoms with Gasteiger partial charge in [-0.2, -0.15) is 0 Å². The number of methoxy groups -OCH3 is 1. The number of hydrogen-bond donors (Lipinski definition) is 1. The highest BCUT2D eigenvalue weighted by Crippen LogP contribution is 2.21. The summed E-state index contributed by atoms with van der Waals surface area (Å²) in [6.07, 6.45) is 0. The number of esters is 1. The molecule has 0 spiro atoms. The van der Waals surface area contributed by atoms with Gasteiger partial charge in [0, 0.05) is 0 Å². The first-order valence-electron chi connectivity index (χ1n) is 5.64. The van der Waals surface area contributed by atoms with E-state index in [1.807, 2.05) is 6.07 Å². The second-order valence-corrected chi connectivity index (χ2v) is 3.95. The molecule has 1 N–H and O–H groups in total. The van der Waals surface area contributed by atoms with Crippen LogP contribution in [0.25, 0.3) is 11.1 Å². The van der Waals surface area contributed by atoms with E-state index in [4.69, 9.17) is 5.11 Å². The molecule has 0 fully saturated rings. The van der Waals surface area contributed by atoms with Gasteiger partial charge in [-0.1, -0.05) is 24.3 Å². The standard InChI is InChI=1S/C15H12O4/c1-19-15(18)11-7-5-10(6-8-11)12-3-2-4-13(9-12)14(16)17/h2-9H,1H3,(H,16,17). The average molecular weight is 256 g/mol. The Hall–Kier alpha value is -2.62. The molecule has 4 nitrogen and oxygen atoms in total. The van der Waals surface area contributed by atoms with E-state index in [-0.39, 0.29) is 5.56 Å². The van der Waals surface area contributed by atoms with Gasteiger partial charge in [0.25, 0.3) is 0 Å². The molecule has 0 saturated heterocycles. The van der Waals surface area contributed by atoms with E-state index in [0.29, 0.717) is 5.56 Å². The van der Waals surface area contributed by atoms with Gasteiger partial charge in [-0.25, -0.2) is 9.59 Å². The maximum Gasteiger partial charge on any atom is 0.337 e. The van der Waals surface area contributed by atoms with Gasteiger partial charge in [0.1, 0.15) is 0 Å². The predicted molar refractivity (Wildman–Crippen MR) is 70.2 cm³/mol. The Bertz CT molecular complexity index is 614. The maximum atomic E-state index is 11.3. The molecule has 0 bridgehead atoms. The second kappa shape index (κ2) is 5.35. The van der Waals surface area contributed by atoms with Gasteiger partial charge in [-0.3, -0.25) is 0 Å². The number of benzene rings is 2. The van der Waals surface area contributed by atoms with Gasteiger partial charge in [-0.05, 0) is 35.4 Å². The minimum absolute atomic E-state index is 0.231. The number of carboxylic acids is 1. The molecule has 0 aliphatic carbocycles. The summed E-state index contributed by atoms with van der Waals surface area (Å²) >= 11 is 0. The lowest BCUT2D eigenvalue weighted by Crippen LogP contribution is -2.00. The van der Waals surface area contributed by atoms with Crippen LogP contribution in [0.15, 0.2) is 48.5 Å². The molecule has 19 heavy (non-hydrogen) atoms. The number of rotatable bonds is 3. The van der Waals surface area contributed by atoms with Crippen molar-refractivity contribution >= 4 is 11.9 Å². The lowest BCUT2D eigenvalue weighted by atomic mass is 10.0. The van der Waals surface area contributed by atoms with Crippen LogP contribution in [0.5, 0.6) is 0 Å². The van der Waals surface area contributed by atoms with Crippen molar-refractivity contribution in [1.82, 2.24) is 0 Å². The van der Waals surface area contributed by atoms with Crippen molar-refractivity contribution in [1.29, 1.82) is 0 Å². The number of carbonyl (C=O) groups excluding carboxylic acids is 1. The molecule has 0 aromatic heterocycles. The summed E-state index contributed by atoms with van der Waals surface area (Å²) in [6.45, 7) is 0. The van der Waals surface area contributed by atoms with Crippen molar-refractivity contribution in [2.75, 3.05) is 7.11 Å². The van der Waals surface area contributed by atoms with Crippen LogP contribution in [0.4, 0.5) is 0 Å². The maximum absolute atomic E-state index is 11.3. The van der Waals surface area contributed by atoms with E-state index in [2.05, 4.69) is 4.74 Å². The fourth-order valence-corrected chi connectivity index (χ4v) is 1.75. The van der Waals surface area contributed by atoms with E-state index in [1.165, 1.54) is 13.2 Å². The molecule has 0 aliphatic heterocycles. The second-order valence-electron chi connectivity index (χ2n) is 3.95. The van der Waals surface area contributed by atoms with Gasteiger partial charge in [0.2, 0.25) is 0 Å². The van der Waals surface area contributed by atoms with Crippen LogP contribution >= 0.6 is 0 Å². The highest BCUT2D eigenvalue weighted by atomic mass is 16.5. The average Bonchev–Trinajstić information content (AvgIpc) is 2.46. The van der Waals surface area contributed by atoms with E-state index in [1.54, 1.807) is 36.4 Å². The molecule has 0 amide bonds. The smallest absolute Gasteiger partial charge is 0.337 e. The van der Waals surface area contributed by atoms with Gasteiger partial charge in [0.05, 0.1) is 18.2 Å². The van der Waals surface area contributed by atoms with Crippen molar-refractivity contribution < 1.29 is 19.4 Å². The molecule has 0 saturated carbocycles. The van der Waals surface area contributed by atoms with Gasteiger partial charge in [-0.15, -0.1) is 0 Å². The molecular weight excluding hydrogens is 244 g/mol. The van der Waals surface area contributed by atoms with Crippen LogP contribution in [0.1, 0.15) is 20.7 Å². The Morgan fingerprint density at radius 3 is 2.21 bits per heavy atom. The molecule has 96 valence electrons. The lowest BCUT2D eigenvalue weighted by molar-refractivity contribution is 0.0600. The summed E-state index contributed by atoms with van der Waals surface area (Å²) in [7, 11) is 1.33. The Morgan fingerprint density at radius 1 is 0.947 bits per heavy atom. The third-order valence-electron chi connectivity index (χ3n) is 2.75. The number of hydrogen-bond acceptors (Lipinski definition) is 3. The van der Waals surface area contributed by atoms with Crippen LogP contribution in [0.2, 0.25) is 0 Å². The summed E-state index contributed by atoms with van der Waals surface area (Å²) in [5.41, 5.74) is 2.32. The molecule has 2 aromatic rings. The first-order valence-corrected chi connectivity index (χ1v) is 5.64. The fraction of sp³-hybridized carbons (Fsp3) is 0.0667. The fourth-order valence-electron chi connectivity index (χ4n) is 1.75. The van der Waals surface area contributed by atoms with Gasteiger partial charge in [0.15, 0.2) is 0 Å². The summed E-state index contributed by atoms with van der Waals surface area (Å²) in [5, 5.41) is 8.94. The quantitative estimate of drug-likeness (QED) is 0.858. The molecule has 0 heterocycles. The first-order chi connectivity index (χ1) is 9.11. The Kier molecular flexibility index (Phi) is 3.61. The van der Waals surface area contributed by atoms with Crippen LogP contribution in [-0.4, -0.2) is 24.2 Å². The SMILES string of the molecule is COC(=O)c1ccc(-c2cccc(C(=O)O)c2)cc1. The lowest BCUT2D eigenvalue weighted by Gasteiger charge is -2.04. The van der Waals surface area contributed by atoms with E-state index in [9.17, 15) is 9.59 Å². The summed E-state index contributed by atoms with van der Waals surface area (Å²) < 4.78 is 4.62. The molecule has 0 atom stereocenters.